The normalized spacial score (nSPS) is 11.2. The van der Waals surface area contributed by atoms with Crippen LogP contribution in [0.25, 0.3) is 27.2 Å². The van der Waals surface area contributed by atoms with Crippen molar-refractivity contribution < 1.29 is 0 Å². The molecule has 0 aliphatic heterocycles. The SMILES string of the molecule is C=C(c1cccc2ccccc12)c1nn(Cc2ccccc2)c2ccc(C)cc12. The summed E-state index contributed by atoms with van der Waals surface area (Å²) in [5.41, 5.74) is 6.65. The summed E-state index contributed by atoms with van der Waals surface area (Å²) < 4.78 is 2.09. The van der Waals surface area contributed by atoms with Crippen LogP contribution in [0.3, 0.4) is 0 Å². The summed E-state index contributed by atoms with van der Waals surface area (Å²) in [5.74, 6) is 0. The van der Waals surface area contributed by atoms with E-state index in [1.807, 2.05) is 6.07 Å². The van der Waals surface area contributed by atoms with Gasteiger partial charge in [0.15, 0.2) is 0 Å². The minimum absolute atomic E-state index is 0.739. The molecule has 0 bridgehead atoms. The number of rotatable bonds is 4. The molecular formula is C27H22N2. The van der Waals surface area contributed by atoms with E-state index in [0.29, 0.717) is 0 Å². The number of aryl methyl sites for hydroxylation is 1. The Bertz CT molecular complexity index is 1340. The molecule has 140 valence electrons. The minimum atomic E-state index is 0.739. The lowest BCUT2D eigenvalue weighted by Gasteiger charge is -2.08. The van der Waals surface area contributed by atoms with E-state index < -0.39 is 0 Å². The fraction of sp³-hybridized carbons (Fsp3) is 0.0741. The Labute approximate surface area is 170 Å². The molecule has 2 heteroatoms. The average Bonchev–Trinajstić information content (AvgIpc) is 3.11. The van der Waals surface area contributed by atoms with Gasteiger partial charge >= 0.3 is 0 Å². The summed E-state index contributed by atoms with van der Waals surface area (Å²) in [6.45, 7) is 7.33. The van der Waals surface area contributed by atoms with Crippen molar-refractivity contribution >= 4 is 27.2 Å². The van der Waals surface area contributed by atoms with Crippen LogP contribution >= 0.6 is 0 Å². The predicted octanol–water partition coefficient (Wildman–Crippen LogP) is 6.61. The Morgan fingerprint density at radius 2 is 1.59 bits per heavy atom. The topological polar surface area (TPSA) is 17.8 Å². The highest BCUT2D eigenvalue weighted by Crippen LogP contribution is 2.33. The standard InChI is InChI=1S/C27H22N2/c1-19-15-16-26-25(17-19)27(28-29(26)18-21-9-4-3-5-10-21)20(2)23-14-8-12-22-11-6-7-13-24(22)23/h3-17H,2,18H2,1H3. The summed E-state index contributed by atoms with van der Waals surface area (Å²) in [7, 11) is 0. The summed E-state index contributed by atoms with van der Waals surface area (Å²) in [5, 5.41) is 8.60. The van der Waals surface area contributed by atoms with Gasteiger partial charge in [-0.1, -0.05) is 91.0 Å². The molecule has 0 N–H and O–H groups in total. The molecule has 1 heterocycles. The molecule has 5 rings (SSSR count). The first-order valence-corrected chi connectivity index (χ1v) is 9.89. The van der Waals surface area contributed by atoms with E-state index in [9.17, 15) is 0 Å². The van der Waals surface area contributed by atoms with Crippen LogP contribution in [0, 0.1) is 6.92 Å². The molecule has 5 aromatic rings. The molecule has 0 unspecified atom stereocenters. The third-order valence-corrected chi connectivity index (χ3v) is 5.48. The number of hydrogen-bond donors (Lipinski definition) is 0. The molecule has 0 atom stereocenters. The second-order valence-electron chi connectivity index (χ2n) is 7.52. The highest BCUT2D eigenvalue weighted by Gasteiger charge is 2.16. The number of hydrogen-bond acceptors (Lipinski definition) is 1. The summed E-state index contributed by atoms with van der Waals surface area (Å²) >= 11 is 0. The molecule has 0 fully saturated rings. The third kappa shape index (κ3) is 3.13. The van der Waals surface area contributed by atoms with E-state index in [0.717, 1.165) is 34.3 Å². The van der Waals surface area contributed by atoms with Crippen LogP contribution in [0.2, 0.25) is 0 Å². The van der Waals surface area contributed by atoms with Gasteiger partial charge in [0, 0.05) is 11.0 Å². The van der Waals surface area contributed by atoms with E-state index in [1.165, 1.54) is 21.9 Å². The second kappa shape index (κ2) is 7.06. The van der Waals surface area contributed by atoms with Crippen molar-refractivity contribution in [3.05, 3.63) is 120 Å². The van der Waals surface area contributed by atoms with Gasteiger partial charge in [-0.15, -0.1) is 0 Å². The monoisotopic (exact) mass is 374 g/mol. The quantitative estimate of drug-likeness (QED) is 0.346. The summed E-state index contributed by atoms with van der Waals surface area (Å²) in [6, 6.07) is 31.8. The van der Waals surface area contributed by atoms with Gasteiger partial charge in [0.05, 0.1) is 12.1 Å². The van der Waals surface area contributed by atoms with E-state index in [1.54, 1.807) is 0 Å². The van der Waals surface area contributed by atoms with Gasteiger partial charge in [0.1, 0.15) is 5.69 Å². The van der Waals surface area contributed by atoms with Crippen LogP contribution in [0.1, 0.15) is 22.4 Å². The van der Waals surface area contributed by atoms with Gasteiger partial charge in [0.25, 0.3) is 0 Å². The maximum absolute atomic E-state index is 5.03. The van der Waals surface area contributed by atoms with Gasteiger partial charge in [-0.3, -0.25) is 4.68 Å². The molecule has 0 saturated carbocycles. The average molecular weight is 374 g/mol. The van der Waals surface area contributed by atoms with E-state index in [4.69, 9.17) is 5.10 Å². The third-order valence-electron chi connectivity index (χ3n) is 5.48. The Morgan fingerprint density at radius 3 is 2.45 bits per heavy atom. The van der Waals surface area contributed by atoms with Crippen molar-refractivity contribution in [3.8, 4) is 0 Å². The minimum Gasteiger partial charge on any atom is -0.260 e. The van der Waals surface area contributed by atoms with Gasteiger partial charge in [-0.05, 0) is 41.0 Å². The molecular weight excluding hydrogens is 352 g/mol. The Hall–Kier alpha value is -3.65. The second-order valence-corrected chi connectivity index (χ2v) is 7.52. The predicted molar refractivity (Wildman–Crippen MR) is 122 cm³/mol. The van der Waals surface area contributed by atoms with Crippen molar-refractivity contribution in [2.24, 2.45) is 0 Å². The molecule has 0 aliphatic carbocycles. The van der Waals surface area contributed by atoms with Gasteiger partial charge in [-0.25, -0.2) is 0 Å². The van der Waals surface area contributed by atoms with Crippen LogP contribution < -0.4 is 0 Å². The molecule has 4 aromatic carbocycles. The van der Waals surface area contributed by atoms with Crippen LogP contribution in [0.4, 0.5) is 0 Å². The van der Waals surface area contributed by atoms with Crippen molar-refractivity contribution in [1.29, 1.82) is 0 Å². The first-order valence-electron chi connectivity index (χ1n) is 9.89. The lowest BCUT2D eigenvalue weighted by atomic mass is 9.96. The highest BCUT2D eigenvalue weighted by molar-refractivity contribution is 6.02. The number of nitrogens with zero attached hydrogens (tertiary/aromatic N) is 2. The Balaban J connectivity index is 1.68. The first kappa shape index (κ1) is 17.4. The smallest absolute Gasteiger partial charge is 0.100 e. The number of fused-ring (bicyclic) bond motifs is 2. The van der Waals surface area contributed by atoms with Crippen molar-refractivity contribution in [2.45, 2.75) is 13.5 Å². The van der Waals surface area contributed by atoms with Crippen LogP contribution in [-0.4, -0.2) is 9.78 Å². The summed E-state index contributed by atoms with van der Waals surface area (Å²) in [6.07, 6.45) is 0. The Morgan fingerprint density at radius 1 is 0.828 bits per heavy atom. The summed E-state index contributed by atoms with van der Waals surface area (Å²) in [4.78, 5) is 0. The zero-order chi connectivity index (χ0) is 19.8. The fourth-order valence-electron chi connectivity index (χ4n) is 4.01. The van der Waals surface area contributed by atoms with Crippen LogP contribution in [0.15, 0.2) is 97.6 Å². The number of aromatic nitrogens is 2. The number of benzene rings is 4. The molecule has 2 nitrogen and oxygen atoms in total. The van der Waals surface area contributed by atoms with E-state index >= 15 is 0 Å². The maximum Gasteiger partial charge on any atom is 0.100 e. The molecule has 0 spiro atoms. The van der Waals surface area contributed by atoms with Gasteiger partial charge in [0.2, 0.25) is 0 Å². The zero-order valence-electron chi connectivity index (χ0n) is 16.5. The van der Waals surface area contributed by atoms with Crippen molar-refractivity contribution in [1.82, 2.24) is 9.78 Å². The van der Waals surface area contributed by atoms with E-state index in [-0.39, 0.29) is 0 Å². The highest BCUT2D eigenvalue weighted by atomic mass is 15.3. The molecule has 0 amide bonds. The van der Waals surface area contributed by atoms with Crippen LogP contribution in [0.5, 0.6) is 0 Å². The maximum atomic E-state index is 5.03. The van der Waals surface area contributed by atoms with Gasteiger partial charge < -0.3 is 0 Å². The Kier molecular flexibility index (Phi) is 4.25. The molecule has 1 aromatic heterocycles. The fourth-order valence-corrected chi connectivity index (χ4v) is 4.01. The molecule has 29 heavy (non-hydrogen) atoms. The van der Waals surface area contributed by atoms with Gasteiger partial charge in [-0.2, -0.15) is 5.10 Å². The van der Waals surface area contributed by atoms with E-state index in [2.05, 4.69) is 103 Å². The van der Waals surface area contributed by atoms with Crippen molar-refractivity contribution in [2.75, 3.05) is 0 Å². The lowest BCUT2D eigenvalue weighted by Crippen LogP contribution is -2.02. The molecule has 0 saturated heterocycles. The first-order chi connectivity index (χ1) is 14.2. The zero-order valence-corrected chi connectivity index (χ0v) is 16.5. The lowest BCUT2D eigenvalue weighted by molar-refractivity contribution is 0.709. The molecule has 0 aliphatic rings. The van der Waals surface area contributed by atoms with Crippen molar-refractivity contribution in [3.63, 3.8) is 0 Å². The molecule has 0 radical (unpaired) electrons. The largest absolute Gasteiger partial charge is 0.260 e. The van der Waals surface area contributed by atoms with Crippen LogP contribution in [-0.2, 0) is 6.54 Å².